The largest absolute Gasteiger partial charge is 0.480 e. The Hall–Kier alpha value is -2.71. The van der Waals surface area contributed by atoms with Gasteiger partial charge in [-0.1, -0.05) is 0 Å². The van der Waals surface area contributed by atoms with Gasteiger partial charge in [-0.05, 0) is 18.6 Å². The first kappa shape index (κ1) is 16.3. The molecule has 0 aromatic heterocycles. The highest BCUT2D eigenvalue weighted by atomic mass is 19.1. The van der Waals surface area contributed by atoms with Gasteiger partial charge in [-0.2, -0.15) is 0 Å². The van der Waals surface area contributed by atoms with Gasteiger partial charge < -0.3 is 21.5 Å². The first-order valence-corrected chi connectivity index (χ1v) is 5.82. The molecule has 0 unspecified atom stereocenters. The quantitative estimate of drug-likeness (QED) is 0.621. The van der Waals surface area contributed by atoms with Crippen LogP contribution in [0.5, 0.6) is 0 Å². The second-order valence-electron chi connectivity index (χ2n) is 4.15. The molecule has 0 aliphatic heterocycles. The Morgan fingerprint density at radius 3 is 2.24 bits per heavy atom. The lowest BCUT2D eigenvalue weighted by Crippen LogP contribution is -2.43. The van der Waals surface area contributed by atoms with E-state index in [-0.39, 0.29) is 18.5 Å². The van der Waals surface area contributed by atoms with Gasteiger partial charge in [0.05, 0.1) is 0 Å². The smallest absolute Gasteiger partial charge is 0.326 e. The molecule has 0 fully saturated rings. The standard InChI is InChI=1S/C12H13F2N3O4/c13-6-3-7(14)5-8(4-6)16-12(21)17-9(11(19)20)1-2-10(15)18/h3-5,9H,1-2H2,(H2,15,18)(H,19,20)(H2,16,17,21)/t9-/m0/s1. The summed E-state index contributed by atoms with van der Waals surface area (Å²) in [6.45, 7) is 0. The highest BCUT2D eigenvalue weighted by molar-refractivity contribution is 5.92. The van der Waals surface area contributed by atoms with Crippen LogP contribution in [-0.4, -0.2) is 29.1 Å². The first-order chi connectivity index (χ1) is 9.77. The van der Waals surface area contributed by atoms with Gasteiger partial charge >= 0.3 is 12.0 Å². The number of benzene rings is 1. The number of nitrogens with one attached hydrogen (secondary N) is 2. The normalized spacial score (nSPS) is 11.5. The van der Waals surface area contributed by atoms with Crippen LogP contribution in [0.3, 0.4) is 0 Å². The maximum Gasteiger partial charge on any atom is 0.326 e. The Kier molecular flexibility index (Phi) is 5.58. The predicted octanol–water partition coefficient (Wildman–Crippen LogP) is 0.805. The molecule has 7 nitrogen and oxygen atoms in total. The lowest BCUT2D eigenvalue weighted by atomic mass is 10.1. The number of anilines is 1. The minimum absolute atomic E-state index is 0.177. The van der Waals surface area contributed by atoms with Crippen molar-refractivity contribution in [1.82, 2.24) is 5.32 Å². The molecule has 5 N–H and O–H groups in total. The number of hydrogen-bond donors (Lipinski definition) is 4. The minimum atomic E-state index is -1.36. The second-order valence-corrected chi connectivity index (χ2v) is 4.15. The molecule has 1 rings (SSSR count). The summed E-state index contributed by atoms with van der Waals surface area (Å²) in [6.07, 6.45) is -0.429. The highest BCUT2D eigenvalue weighted by Crippen LogP contribution is 2.12. The first-order valence-electron chi connectivity index (χ1n) is 5.82. The Labute approximate surface area is 118 Å². The molecule has 9 heteroatoms. The molecule has 0 spiro atoms. The number of carboxylic acid groups (broad SMARTS) is 1. The van der Waals surface area contributed by atoms with E-state index in [1.54, 1.807) is 0 Å². The van der Waals surface area contributed by atoms with Crippen LogP contribution in [0.25, 0.3) is 0 Å². The van der Waals surface area contributed by atoms with Gasteiger partial charge in [0.25, 0.3) is 0 Å². The third kappa shape index (κ3) is 5.85. The molecule has 0 radical (unpaired) electrons. The molecule has 0 aliphatic rings. The summed E-state index contributed by atoms with van der Waals surface area (Å²) < 4.78 is 25.8. The fourth-order valence-corrected chi connectivity index (χ4v) is 1.50. The van der Waals surface area contributed by atoms with E-state index in [9.17, 15) is 23.2 Å². The third-order valence-corrected chi connectivity index (χ3v) is 2.40. The molecule has 0 aliphatic carbocycles. The van der Waals surface area contributed by atoms with Crippen molar-refractivity contribution in [3.63, 3.8) is 0 Å². The van der Waals surface area contributed by atoms with E-state index in [0.29, 0.717) is 6.07 Å². The number of nitrogens with two attached hydrogens (primary N) is 1. The summed E-state index contributed by atoms with van der Waals surface area (Å²) in [5.74, 6) is -3.87. The minimum Gasteiger partial charge on any atom is -0.480 e. The molecular formula is C12H13F2N3O4. The number of carboxylic acids is 1. The molecule has 0 heterocycles. The molecule has 3 amide bonds. The van der Waals surface area contributed by atoms with Gasteiger partial charge in [-0.3, -0.25) is 4.79 Å². The van der Waals surface area contributed by atoms with Crippen LogP contribution < -0.4 is 16.4 Å². The fourth-order valence-electron chi connectivity index (χ4n) is 1.50. The monoisotopic (exact) mass is 301 g/mol. The SMILES string of the molecule is NC(=O)CC[C@H](NC(=O)Nc1cc(F)cc(F)c1)C(=O)O. The van der Waals surface area contributed by atoms with E-state index in [4.69, 9.17) is 10.8 Å². The van der Waals surface area contributed by atoms with Crippen LogP contribution in [0, 0.1) is 11.6 Å². The third-order valence-electron chi connectivity index (χ3n) is 2.40. The second kappa shape index (κ2) is 7.17. The summed E-state index contributed by atoms with van der Waals surface area (Å²) in [5, 5.41) is 13.0. The predicted molar refractivity (Wildman–Crippen MR) is 68.4 cm³/mol. The van der Waals surface area contributed by atoms with Crippen molar-refractivity contribution in [1.29, 1.82) is 0 Å². The molecule has 0 saturated heterocycles. The Morgan fingerprint density at radius 2 is 1.76 bits per heavy atom. The van der Waals surface area contributed by atoms with Crippen LogP contribution in [0.4, 0.5) is 19.3 Å². The van der Waals surface area contributed by atoms with E-state index in [2.05, 4.69) is 10.6 Å². The highest BCUT2D eigenvalue weighted by Gasteiger charge is 2.20. The van der Waals surface area contributed by atoms with E-state index in [1.807, 2.05) is 0 Å². The molecule has 1 aromatic carbocycles. The van der Waals surface area contributed by atoms with Gasteiger partial charge in [0, 0.05) is 18.2 Å². The van der Waals surface area contributed by atoms with E-state index in [1.165, 1.54) is 0 Å². The maximum atomic E-state index is 12.9. The zero-order chi connectivity index (χ0) is 16.0. The van der Waals surface area contributed by atoms with Gasteiger partial charge in [0.15, 0.2) is 0 Å². The molecule has 114 valence electrons. The Bertz CT molecular complexity index is 545. The Balaban J connectivity index is 2.65. The Morgan fingerprint density at radius 1 is 1.19 bits per heavy atom. The molecule has 1 atom stereocenters. The lowest BCUT2D eigenvalue weighted by molar-refractivity contribution is -0.139. The molecular weight excluding hydrogens is 288 g/mol. The number of carbonyl (C=O) groups is 3. The van der Waals surface area contributed by atoms with E-state index < -0.39 is 35.6 Å². The topological polar surface area (TPSA) is 122 Å². The van der Waals surface area contributed by atoms with Crippen molar-refractivity contribution < 1.29 is 28.3 Å². The molecule has 1 aromatic rings. The average molecular weight is 301 g/mol. The van der Waals surface area contributed by atoms with Crippen molar-refractivity contribution in [2.45, 2.75) is 18.9 Å². The number of amides is 3. The van der Waals surface area contributed by atoms with Crippen LogP contribution >= 0.6 is 0 Å². The summed E-state index contributed by atoms with van der Waals surface area (Å²) in [7, 11) is 0. The summed E-state index contributed by atoms with van der Waals surface area (Å²) in [6, 6.07) is 0.0208. The molecule has 0 bridgehead atoms. The van der Waals surface area contributed by atoms with Crippen molar-refractivity contribution >= 4 is 23.6 Å². The van der Waals surface area contributed by atoms with Gasteiger partial charge in [0.2, 0.25) is 5.91 Å². The number of primary amides is 1. The fraction of sp³-hybridized carbons (Fsp3) is 0.250. The van der Waals surface area contributed by atoms with Crippen LogP contribution in [0.1, 0.15) is 12.8 Å². The zero-order valence-electron chi connectivity index (χ0n) is 10.7. The van der Waals surface area contributed by atoms with Crippen molar-refractivity contribution in [2.75, 3.05) is 5.32 Å². The van der Waals surface area contributed by atoms with Crippen molar-refractivity contribution in [3.8, 4) is 0 Å². The zero-order valence-corrected chi connectivity index (χ0v) is 10.7. The number of halogens is 2. The van der Waals surface area contributed by atoms with Crippen molar-refractivity contribution in [3.05, 3.63) is 29.8 Å². The molecule has 0 saturated carbocycles. The average Bonchev–Trinajstić information content (AvgIpc) is 2.32. The lowest BCUT2D eigenvalue weighted by Gasteiger charge is -2.14. The van der Waals surface area contributed by atoms with Crippen LogP contribution in [0.2, 0.25) is 0 Å². The summed E-state index contributed by atoms with van der Waals surface area (Å²) in [5.41, 5.74) is 4.71. The van der Waals surface area contributed by atoms with E-state index in [0.717, 1.165) is 12.1 Å². The number of rotatable bonds is 6. The number of urea groups is 1. The van der Waals surface area contributed by atoms with Gasteiger partial charge in [-0.25, -0.2) is 18.4 Å². The maximum absolute atomic E-state index is 12.9. The van der Waals surface area contributed by atoms with Gasteiger partial charge in [-0.15, -0.1) is 0 Å². The summed E-state index contributed by atoms with van der Waals surface area (Å²) >= 11 is 0. The summed E-state index contributed by atoms with van der Waals surface area (Å²) in [4.78, 5) is 33.0. The number of aliphatic carboxylic acids is 1. The van der Waals surface area contributed by atoms with Crippen LogP contribution in [0.15, 0.2) is 18.2 Å². The van der Waals surface area contributed by atoms with Gasteiger partial charge in [0.1, 0.15) is 17.7 Å². The van der Waals surface area contributed by atoms with Crippen LogP contribution in [-0.2, 0) is 9.59 Å². The number of hydrogen-bond acceptors (Lipinski definition) is 3. The molecule has 21 heavy (non-hydrogen) atoms. The van der Waals surface area contributed by atoms with Crippen molar-refractivity contribution in [2.24, 2.45) is 5.73 Å². The number of carbonyl (C=O) groups excluding carboxylic acids is 2. The van der Waals surface area contributed by atoms with E-state index >= 15 is 0 Å².